The van der Waals surface area contributed by atoms with Gasteiger partial charge in [0.2, 0.25) is 0 Å². The molecule has 0 radical (unpaired) electrons. The first-order valence-electron chi connectivity index (χ1n) is 38.0. The fourth-order valence-corrected chi connectivity index (χ4v) is 23.7. The minimum atomic E-state index is -3.43. The highest BCUT2D eigenvalue weighted by Crippen LogP contribution is 2.63. The molecule has 9 fully saturated rings. The van der Waals surface area contributed by atoms with Crippen molar-refractivity contribution >= 4 is 50.5 Å². The van der Waals surface area contributed by atoms with E-state index in [4.69, 9.17) is 14.2 Å². The highest BCUT2D eigenvalue weighted by Gasteiger charge is 2.59. The van der Waals surface area contributed by atoms with Crippen molar-refractivity contribution in [3.8, 4) is 0 Å². The number of carbonyl (C=O) groups is 3. The van der Waals surface area contributed by atoms with Gasteiger partial charge < -0.3 is 29.3 Å². The monoisotopic (exact) mass is 1560 g/mol. The number of ether oxygens (including phenoxy) is 3. The highest BCUT2D eigenvalue weighted by molar-refractivity contribution is 7.97. The zero-order valence-electron chi connectivity index (χ0n) is 63.6. The van der Waals surface area contributed by atoms with Gasteiger partial charge in [0.05, 0.1) is 70.3 Å². The summed E-state index contributed by atoms with van der Waals surface area (Å²) in [6.07, 6.45) is 10.3. The van der Waals surface area contributed by atoms with Crippen LogP contribution in [0.25, 0.3) is 0 Å². The van der Waals surface area contributed by atoms with E-state index in [-0.39, 0.29) is 69.8 Å². The number of hydrogen-bond donors (Lipinski definition) is 2. The molecule has 4 atom stereocenters. The second-order valence-electron chi connectivity index (χ2n) is 31.3. The summed E-state index contributed by atoms with van der Waals surface area (Å²) in [4.78, 5) is 46.8. The van der Waals surface area contributed by atoms with Gasteiger partial charge in [0.15, 0.2) is 44.1 Å². The fraction of sp³-hybridized carbons (Fsp3) is 0.380. The molecular formula is C92H102F6NO8S3+3. The number of amides is 1. The highest BCUT2D eigenvalue weighted by atomic mass is 32.2. The van der Waals surface area contributed by atoms with Gasteiger partial charge in [-0.15, -0.1) is 0 Å². The van der Waals surface area contributed by atoms with E-state index in [9.17, 15) is 50.9 Å². The van der Waals surface area contributed by atoms with Crippen molar-refractivity contribution in [2.75, 3.05) is 39.5 Å². The van der Waals surface area contributed by atoms with Crippen LogP contribution in [0.15, 0.2) is 299 Å². The van der Waals surface area contributed by atoms with Crippen LogP contribution in [0.1, 0.15) is 115 Å². The lowest BCUT2D eigenvalue weighted by Gasteiger charge is -2.59. The topological polar surface area (TPSA) is 123 Å². The molecule has 9 nitrogen and oxygen atoms in total. The molecule has 9 aliphatic rings. The minimum Gasteiger partial charge on any atom is -0.461 e. The van der Waals surface area contributed by atoms with Crippen molar-refractivity contribution in [1.29, 1.82) is 0 Å². The van der Waals surface area contributed by atoms with Crippen LogP contribution < -0.4 is 0 Å². The number of rotatable bonds is 16. The third kappa shape index (κ3) is 22.6. The Hall–Kier alpha value is -8.10. The maximum atomic E-state index is 12.8. The zero-order valence-corrected chi connectivity index (χ0v) is 66.0. The van der Waals surface area contributed by atoms with E-state index in [2.05, 4.69) is 276 Å². The van der Waals surface area contributed by atoms with E-state index in [0.29, 0.717) is 70.5 Å². The normalized spacial score (nSPS) is 23.3. The maximum absolute atomic E-state index is 12.8. The first-order chi connectivity index (χ1) is 52.4. The molecule has 1 saturated heterocycles. The predicted molar refractivity (Wildman–Crippen MR) is 424 cm³/mol. The fourth-order valence-electron chi connectivity index (χ4n) is 17.5. The molecule has 1 amide bonds. The molecule has 9 aromatic rings. The lowest BCUT2D eigenvalue weighted by Crippen LogP contribution is -2.57. The Kier molecular flexibility index (Phi) is 27.6. The molecule has 110 heavy (non-hydrogen) atoms. The van der Waals surface area contributed by atoms with Crippen LogP contribution in [0, 0.1) is 55.3 Å². The van der Waals surface area contributed by atoms with Crippen LogP contribution in [0.3, 0.4) is 0 Å². The first-order valence-corrected chi connectivity index (χ1v) is 41.7. The van der Waals surface area contributed by atoms with Crippen LogP contribution in [0.5, 0.6) is 0 Å². The van der Waals surface area contributed by atoms with Crippen molar-refractivity contribution < 1.29 is 65.1 Å². The smallest absolute Gasteiger partial charge is 0.376 e. The summed E-state index contributed by atoms with van der Waals surface area (Å²) < 4.78 is 90.8. The van der Waals surface area contributed by atoms with Crippen molar-refractivity contribution in [2.45, 2.75) is 192 Å². The molecule has 1 heterocycles. The second-order valence-corrected chi connectivity index (χ2v) is 37.4. The SMILES string of the molecule is CC(F)(F)C(=O)N1CCOCC1.CC(F)(F)C(=O)OCC12CC3CC(CC(O)(C3)C1)C2.CC(F)(F)C(=O)OCC12CC3CC(CC(O)(C3)C1)C2.Cc1ccc([S+](c2ccc(C)cc2)c2ccc(C)cc2)cc1.c1ccc([S+](c2ccccc2)c2ccccc2)cc1.c1ccc([S+](c2ccccc2)c2ccccc2)cc1. The van der Waals surface area contributed by atoms with Gasteiger partial charge in [-0.3, -0.25) is 4.79 Å². The number of alkyl halides is 6. The predicted octanol–water partition coefficient (Wildman–Crippen LogP) is 20.8. The number of benzene rings is 9. The van der Waals surface area contributed by atoms with Crippen molar-refractivity contribution in [3.63, 3.8) is 0 Å². The summed E-state index contributed by atoms with van der Waals surface area (Å²) in [6.45, 7) is 9.44. The van der Waals surface area contributed by atoms with Gasteiger partial charge in [-0.05, 0) is 231 Å². The number of morpholine rings is 1. The number of aliphatic hydroxyl groups is 2. The molecule has 8 aliphatic carbocycles. The number of esters is 2. The molecule has 4 unspecified atom stereocenters. The van der Waals surface area contributed by atoms with Gasteiger partial charge >= 0.3 is 29.7 Å². The number of carbonyl (C=O) groups excluding carboxylic acids is 3. The summed E-state index contributed by atoms with van der Waals surface area (Å²) in [6, 6.07) is 91.1. The van der Waals surface area contributed by atoms with E-state index in [0.717, 1.165) is 69.1 Å². The first kappa shape index (κ1) is 82.9. The Labute approximate surface area is 653 Å². The maximum Gasteiger partial charge on any atom is 0.376 e. The Balaban J connectivity index is 0.000000132. The van der Waals surface area contributed by atoms with E-state index in [1.165, 1.54) is 60.7 Å². The van der Waals surface area contributed by atoms with Gasteiger partial charge in [0.25, 0.3) is 5.91 Å². The van der Waals surface area contributed by atoms with Crippen molar-refractivity contribution in [1.82, 2.24) is 4.90 Å². The van der Waals surface area contributed by atoms with Gasteiger partial charge in [-0.2, -0.15) is 26.3 Å². The lowest BCUT2D eigenvalue weighted by atomic mass is 9.48. The largest absolute Gasteiger partial charge is 0.461 e. The molecule has 2 N–H and O–H groups in total. The molecule has 8 bridgehead atoms. The summed E-state index contributed by atoms with van der Waals surface area (Å²) in [5, 5.41) is 21.0. The van der Waals surface area contributed by atoms with Crippen molar-refractivity contribution in [2.24, 2.45) is 34.5 Å². The van der Waals surface area contributed by atoms with E-state index < -0.39 is 46.8 Å². The van der Waals surface area contributed by atoms with Gasteiger partial charge in [-0.1, -0.05) is 162 Å². The number of aryl methyl sites for hydroxylation is 3. The molecule has 9 aromatic carbocycles. The molecular weight excluding hydrogens is 1460 g/mol. The lowest BCUT2D eigenvalue weighted by molar-refractivity contribution is -0.197. The summed E-state index contributed by atoms with van der Waals surface area (Å²) >= 11 is 0. The van der Waals surface area contributed by atoms with Gasteiger partial charge in [0.1, 0.15) is 0 Å². The molecule has 580 valence electrons. The Morgan fingerprint density at radius 3 is 0.809 bits per heavy atom. The quantitative estimate of drug-likeness (QED) is 0.0557. The van der Waals surface area contributed by atoms with Crippen LogP contribution >= 0.6 is 0 Å². The number of hydrogen-bond acceptors (Lipinski definition) is 8. The molecule has 8 saturated carbocycles. The van der Waals surface area contributed by atoms with Crippen LogP contribution in [-0.2, 0) is 61.3 Å². The molecule has 1 aliphatic heterocycles. The summed E-state index contributed by atoms with van der Waals surface area (Å²) in [7, 11) is -0.0687. The van der Waals surface area contributed by atoms with Crippen LogP contribution in [-0.4, -0.2) is 101 Å². The molecule has 18 rings (SSSR count). The zero-order chi connectivity index (χ0) is 78.3. The van der Waals surface area contributed by atoms with Crippen LogP contribution in [0.4, 0.5) is 26.3 Å². The average Bonchev–Trinajstić information content (AvgIpc) is 0.735. The van der Waals surface area contributed by atoms with Gasteiger partial charge in [0, 0.05) is 44.7 Å². The van der Waals surface area contributed by atoms with Gasteiger partial charge in [-0.25, -0.2) is 9.59 Å². The Morgan fingerprint density at radius 2 is 0.600 bits per heavy atom. The van der Waals surface area contributed by atoms with E-state index in [1.807, 2.05) is 0 Å². The molecule has 0 aromatic heterocycles. The summed E-state index contributed by atoms with van der Waals surface area (Å²) in [5.74, 6) is -12.3. The van der Waals surface area contributed by atoms with Crippen LogP contribution in [0.2, 0.25) is 0 Å². The van der Waals surface area contributed by atoms with E-state index in [1.54, 1.807) is 0 Å². The molecule has 0 spiro atoms. The average molecular weight is 1560 g/mol. The minimum absolute atomic E-state index is 0.0146. The van der Waals surface area contributed by atoms with Crippen molar-refractivity contribution in [3.05, 3.63) is 271 Å². The third-order valence-electron chi connectivity index (χ3n) is 21.4. The Morgan fingerprint density at radius 1 is 0.373 bits per heavy atom. The Bertz CT molecular complexity index is 3860. The number of nitrogens with zero attached hydrogens (tertiary/aromatic N) is 1. The number of halogens is 6. The summed E-state index contributed by atoms with van der Waals surface area (Å²) in [5.41, 5.74) is 2.09. The standard InChI is InChI=1S/C21H21S.2C18H15S.2C14H20F2O3.C7H11F2NO2/c1-16-4-10-19(11-5-16)22(20-12-6-17(2)7-13-20)21-14-8-18(3)9-15-21;2*1-4-10-16(11-5-1)19(17-12-6-2-7-13-17)18-14-8-3-9-15-18;2*1-12(15,16)11(17)19-8-13-3-9-2-10(4-13)6-14(18,5-9)7-13;1-7(8,9)6(11)10-2-4-12-5-3-10/h4-15H,1-3H3;2*1-15H;2*9-10,18H,2-8H2,1H3;2-5H2,1H3/q3*+1;;;. The van der Waals surface area contributed by atoms with E-state index >= 15 is 0 Å². The second kappa shape index (κ2) is 36.6. The third-order valence-corrected chi connectivity index (χ3v) is 28.0. The molecule has 18 heteroatoms.